The first-order chi connectivity index (χ1) is 17.5. The lowest BCUT2D eigenvalue weighted by molar-refractivity contribution is -0.114. The number of rotatable bonds is 7. The molecule has 2 aromatic heterocycles. The van der Waals surface area contributed by atoms with Crippen molar-refractivity contribution in [3.05, 3.63) is 71.8 Å². The number of carbonyl (C=O) groups excluding carboxylic acids is 2. The average molecular weight is 503 g/mol. The van der Waals surface area contributed by atoms with Gasteiger partial charge in [0.2, 0.25) is 0 Å². The molecule has 0 bridgehead atoms. The fourth-order valence-electron chi connectivity index (χ4n) is 4.01. The van der Waals surface area contributed by atoms with Crippen LogP contribution in [-0.4, -0.2) is 44.5 Å². The van der Waals surface area contributed by atoms with Crippen LogP contribution in [0.25, 0.3) is 27.9 Å². The summed E-state index contributed by atoms with van der Waals surface area (Å²) in [6, 6.07) is 9.41. The molecule has 37 heavy (non-hydrogen) atoms. The molecule has 0 spiro atoms. The molecule has 0 aliphatic rings. The number of ketones is 1. The summed E-state index contributed by atoms with van der Waals surface area (Å²) in [6.07, 6.45) is 1.33. The van der Waals surface area contributed by atoms with E-state index in [0.717, 1.165) is 0 Å². The fraction of sp³-hybridized carbons (Fsp3) is 0.115. The van der Waals surface area contributed by atoms with Crippen LogP contribution in [0.4, 0.5) is 15.9 Å². The highest BCUT2D eigenvalue weighted by atomic mass is 19.1. The Kier molecular flexibility index (Phi) is 6.45. The number of amides is 1. The van der Waals surface area contributed by atoms with Gasteiger partial charge in [-0.1, -0.05) is 18.7 Å². The van der Waals surface area contributed by atoms with E-state index in [-0.39, 0.29) is 28.6 Å². The molecule has 2 heterocycles. The Labute approximate surface area is 210 Å². The molecular formula is C26H22FN5O5. The maximum absolute atomic E-state index is 13.2. The minimum atomic E-state index is -1.16. The standard InChI is InChI=1S/C26H22FN5O5/c1-12-9-16(30-25(34)13(2)27)6-8-17(12)22-21(15-5-7-18(26(35)36)20(10-15)37-4)23-24(28)29-11-19(14(3)33)32(23)31-22/h5-11H,2H2,1,3-4H3,(H2,28,29)(H,30,34)(H,35,36). The van der Waals surface area contributed by atoms with E-state index in [1.165, 1.54) is 30.8 Å². The zero-order chi connectivity index (χ0) is 27.0. The van der Waals surface area contributed by atoms with Crippen LogP contribution in [0, 0.1) is 6.92 Å². The first-order valence-electron chi connectivity index (χ1n) is 10.9. The zero-order valence-corrected chi connectivity index (χ0v) is 20.1. The van der Waals surface area contributed by atoms with Gasteiger partial charge in [0.15, 0.2) is 11.6 Å². The number of methoxy groups -OCH3 is 1. The van der Waals surface area contributed by atoms with Crippen LogP contribution in [0.2, 0.25) is 0 Å². The van der Waals surface area contributed by atoms with Gasteiger partial charge in [0.05, 0.1) is 13.3 Å². The van der Waals surface area contributed by atoms with Crippen molar-refractivity contribution in [2.45, 2.75) is 13.8 Å². The molecule has 11 heteroatoms. The van der Waals surface area contributed by atoms with Crippen LogP contribution in [-0.2, 0) is 4.79 Å². The number of benzene rings is 2. The third-order valence-electron chi connectivity index (χ3n) is 5.75. The van der Waals surface area contributed by atoms with Crippen LogP contribution in [0.15, 0.2) is 55.0 Å². The molecule has 0 unspecified atom stereocenters. The summed E-state index contributed by atoms with van der Waals surface area (Å²) in [5, 5.41) is 16.6. The van der Waals surface area contributed by atoms with Gasteiger partial charge < -0.3 is 20.9 Å². The lowest BCUT2D eigenvalue weighted by Gasteiger charge is -2.12. The predicted molar refractivity (Wildman–Crippen MR) is 135 cm³/mol. The number of hydrogen-bond acceptors (Lipinski definition) is 7. The summed E-state index contributed by atoms with van der Waals surface area (Å²) in [4.78, 5) is 39.9. The van der Waals surface area contributed by atoms with Crippen LogP contribution >= 0.6 is 0 Å². The molecule has 4 aromatic rings. The van der Waals surface area contributed by atoms with Gasteiger partial charge in [0.25, 0.3) is 5.91 Å². The lowest BCUT2D eigenvalue weighted by atomic mass is 9.95. The Morgan fingerprint density at radius 3 is 2.51 bits per heavy atom. The van der Waals surface area contributed by atoms with E-state index in [0.29, 0.717) is 39.2 Å². The molecule has 1 amide bonds. The second kappa shape index (κ2) is 9.53. The number of nitrogens with two attached hydrogens (primary N) is 1. The molecule has 0 fully saturated rings. The maximum atomic E-state index is 13.2. The highest BCUT2D eigenvalue weighted by Gasteiger charge is 2.24. The van der Waals surface area contributed by atoms with E-state index in [9.17, 15) is 23.9 Å². The van der Waals surface area contributed by atoms with Gasteiger partial charge in [-0.25, -0.2) is 18.7 Å². The van der Waals surface area contributed by atoms with Gasteiger partial charge >= 0.3 is 5.97 Å². The van der Waals surface area contributed by atoms with E-state index in [1.807, 2.05) is 0 Å². The molecule has 4 N–H and O–H groups in total. The summed E-state index contributed by atoms with van der Waals surface area (Å²) in [5.74, 6) is -3.32. The number of nitrogens with one attached hydrogen (secondary N) is 1. The molecule has 0 atom stereocenters. The van der Waals surface area contributed by atoms with E-state index in [4.69, 9.17) is 15.6 Å². The van der Waals surface area contributed by atoms with E-state index in [1.54, 1.807) is 37.3 Å². The molecule has 0 saturated heterocycles. The second-order valence-electron chi connectivity index (χ2n) is 8.18. The van der Waals surface area contributed by atoms with E-state index in [2.05, 4.69) is 16.9 Å². The van der Waals surface area contributed by atoms with E-state index < -0.39 is 17.7 Å². The molecule has 4 rings (SSSR count). The number of nitrogen functional groups attached to an aromatic ring is 1. The number of halogens is 1. The number of Topliss-reactive ketones (excluding diaryl/α,β-unsaturated/α-hetero) is 1. The third kappa shape index (κ3) is 4.49. The van der Waals surface area contributed by atoms with Crippen molar-refractivity contribution >= 4 is 34.7 Å². The topological polar surface area (TPSA) is 149 Å². The Balaban J connectivity index is 2.02. The number of aryl methyl sites for hydroxylation is 1. The number of anilines is 2. The predicted octanol–water partition coefficient (Wildman–Crippen LogP) is 4.29. The lowest BCUT2D eigenvalue weighted by Crippen LogP contribution is -2.11. The van der Waals surface area contributed by atoms with Gasteiger partial charge in [0, 0.05) is 23.7 Å². The van der Waals surface area contributed by atoms with Gasteiger partial charge in [0.1, 0.15) is 34.0 Å². The van der Waals surface area contributed by atoms with Crippen molar-refractivity contribution in [1.29, 1.82) is 0 Å². The Bertz CT molecular complexity index is 1630. The molecule has 10 nitrogen and oxygen atoms in total. The second-order valence-corrected chi connectivity index (χ2v) is 8.18. The van der Waals surface area contributed by atoms with Crippen molar-refractivity contribution < 1.29 is 28.6 Å². The number of ether oxygens (including phenoxy) is 1. The number of aromatic carboxylic acids is 1. The SMILES string of the molecule is C=C(F)C(=O)Nc1ccc(-c2nn3c(C(C)=O)cnc(N)c3c2-c2ccc(C(=O)O)c(OC)c2)c(C)c1. The number of fused-ring (bicyclic) bond motifs is 1. The number of aromatic nitrogens is 3. The van der Waals surface area contributed by atoms with Crippen molar-refractivity contribution in [2.24, 2.45) is 0 Å². The molecule has 0 radical (unpaired) electrons. The van der Waals surface area contributed by atoms with E-state index >= 15 is 0 Å². The Hall–Kier alpha value is -5.06. The van der Waals surface area contributed by atoms with Crippen molar-refractivity contribution in [3.63, 3.8) is 0 Å². The van der Waals surface area contributed by atoms with Gasteiger partial charge in [-0.2, -0.15) is 5.10 Å². The molecule has 0 aliphatic heterocycles. The van der Waals surface area contributed by atoms with Crippen molar-refractivity contribution in [2.75, 3.05) is 18.2 Å². The minimum Gasteiger partial charge on any atom is -0.496 e. The quantitative estimate of drug-likeness (QED) is 0.250. The monoisotopic (exact) mass is 503 g/mol. The van der Waals surface area contributed by atoms with Crippen LogP contribution < -0.4 is 15.8 Å². The average Bonchev–Trinajstić information content (AvgIpc) is 3.24. The minimum absolute atomic E-state index is 0.0366. The van der Waals surface area contributed by atoms with Crippen molar-refractivity contribution in [3.8, 4) is 28.1 Å². The summed E-state index contributed by atoms with van der Waals surface area (Å²) in [5.41, 5.74) is 9.79. The van der Waals surface area contributed by atoms with Crippen LogP contribution in [0.5, 0.6) is 5.75 Å². The summed E-state index contributed by atoms with van der Waals surface area (Å²) in [6.45, 7) is 6.13. The Morgan fingerprint density at radius 1 is 1.19 bits per heavy atom. The normalized spacial score (nSPS) is 10.8. The molecule has 0 aliphatic carbocycles. The Morgan fingerprint density at radius 2 is 1.92 bits per heavy atom. The molecule has 0 saturated carbocycles. The number of hydrogen-bond donors (Lipinski definition) is 3. The first kappa shape index (κ1) is 25.0. The molecule has 188 valence electrons. The number of carbonyl (C=O) groups is 3. The number of carboxylic acids is 1. The first-order valence-corrected chi connectivity index (χ1v) is 10.9. The number of carboxylic acid groups (broad SMARTS) is 1. The molecular weight excluding hydrogens is 481 g/mol. The summed E-state index contributed by atoms with van der Waals surface area (Å²) < 4.78 is 19.9. The molecule has 2 aromatic carbocycles. The smallest absolute Gasteiger partial charge is 0.339 e. The highest BCUT2D eigenvalue weighted by Crippen LogP contribution is 2.40. The largest absolute Gasteiger partial charge is 0.496 e. The van der Waals surface area contributed by atoms with Gasteiger partial charge in [-0.3, -0.25) is 9.59 Å². The van der Waals surface area contributed by atoms with Gasteiger partial charge in [-0.15, -0.1) is 0 Å². The van der Waals surface area contributed by atoms with Gasteiger partial charge in [-0.05, 0) is 42.3 Å². The van der Waals surface area contributed by atoms with Crippen LogP contribution in [0.3, 0.4) is 0 Å². The maximum Gasteiger partial charge on any atom is 0.339 e. The number of nitrogens with zero attached hydrogens (tertiary/aromatic N) is 3. The summed E-state index contributed by atoms with van der Waals surface area (Å²) >= 11 is 0. The van der Waals surface area contributed by atoms with Crippen LogP contribution in [0.1, 0.15) is 33.3 Å². The van der Waals surface area contributed by atoms with Crippen molar-refractivity contribution in [1.82, 2.24) is 14.6 Å². The highest BCUT2D eigenvalue weighted by molar-refractivity contribution is 6.03. The third-order valence-corrected chi connectivity index (χ3v) is 5.75. The zero-order valence-electron chi connectivity index (χ0n) is 20.1. The summed E-state index contributed by atoms with van der Waals surface area (Å²) in [7, 11) is 1.36. The fourth-order valence-corrected chi connectivity index (χ4v) is 4.01.